The van der Waals surface area contributed by atoms with Gasteiger partial charge in [-0.15, -0.1) is 0 Å². The molecule has 0 atom stereocenters. The van der Waals surface area contributed by atoms with Gasteiger partial charge in [0.25, 0.3) is 0 Å². The summed E-state index contributed by atoms with van der Waals surface area (Å²) in [5.41, 5.74) is 6.13. The Morgan fingerprint density at radius 3 is 2.67 bits per heavy atom. The SMILES string of the molecule is CC(=CCCO)C(N)=S. The number of aliphatic hydroxyl groups is 1. The number of nitrogens with two attached hydrogens (primary N) is 1. The summed E-state index contributed by atoms with van der Waals surface area (Å²) in [6.45, 7) is 1.98. The fraction of sp³-hybridized carbons (Fsp3) is 0.500. The molecular weight excluding hydrogens is 134 g/mol. The number of hydrogen-bond donors (Lipinski definition) is 2. The third-order valence-electron chi connectivity index (χ3n) is 0.968. The Morgan fingerprint density at radius 1 is 1.78 bits per heavy atom. The first kappa shape index (κ1) is 8.59. The summed E-state index contributed by atoms with van der Waals surface area (Å²) in [7, 11) is 0. The third-order valence-corrected chi connectivity index (χ3v) is 1.29. The average molecular weight is 145 g/mol. The van der Waals surface area contributed by atoms with Gasteiger partial charge in [-0.3, -0.25) is 0 Å². The Hall–Kier alpha value is -0.410. The molecule has 0 radical (unpaired) electrons. The first-order valence-corrected chi connectivity index (χ1v) is 3.16. The van der Waals surface area contributed by atoms with Crippen molar-refractivity contribution >= 4 is 17.2 Å². The van der Waals surface area contributed by atoms with E-state index in [0.717, 1.165) is 5.57 Å². The van der Waals surface area contributed by atoms with Crippen LogP contribution in [-0.2, 0) is 0 Å². The zero-order valence-corrected chi connectivity index (χ0v) is 6.24. The van der Waals surface area contributed by atoms with Crippen molar-refractivity contribution in [2.75, 3.05) is 6.61 Å². The summed E-state index contributed by atoms with van der Waals surface area (Å²) in [6.07, 6.45) is 2.45. The summed E-state index contributed by atoms with van der Waals surface area (Å²) >= 11 is 4.66. The standard InChI is InChI=1S/C6H11NOS/c1-5(6(7)9)3-2-4-8/h3,8H,2,4H2,1H3,(H2,7,9). The first-order valence-electron chi connectivity index (χ1n) is 2.76. The van der Waals surface area contributed by atoms with Crippen LogP contribution < -0.4 is 5.73 Å². The van der Waals surface area contributed by atoms with Crippen molar-refractivity contribution in [3.8, 4) is 0 Å². The van der Waals surface area contributed by atoms with Crippen molar-refractivity contribution in [1.29, 1.82) is 0 Å². The van der Waals surface area contributed by atoms with Crippen molar-refractivity contribution < 1.29 is 5.11 Å². The summed E-state index contributed by atoms with van der Waals surface area (Å²) < 4.78 is 0. The summed E-state index contributed by atoms with van der Waals surface area (Å²) in [5.74, 6) is 0. The molecule has 0 aliphatic carbocycles. The zero-order valence-electron chi connectivity index (χ0n) is 5.42. The molecule has 9 heavy (non-hydrogen) atoms. The van der Waals surface area contributed by atoms with Gasteiger partial charge in [0.1, 0.15) is 0 Å². The number of hydrogen-bond acceptors (Lipinski definition) is 2. The van der Waals surface area contributed by atoms with Crippen LogP contribution in [0.1, 0.15) is 13.3 Å². The van der Waals surface area contributed by atoms with E-state index in [0.29, 0.717) is 11.4 Å². The highest BCUT2D eigenvalue weighted by Gasteiger charge is 1.88. The van der Waals surface area contributed by atoms with Gasteiger partial charge >= 0.3 is 0 Å². The van der Waals surface area contributed by atoms with E-state index in [-0.39, 0.29) is 6.61 Å². The molecule has 0 aliphatic rings. The molecule has 0 spiro atoms. The van der Waals surface area contributed by atoms with Crippen LogP contribution in [0.2, 0.25) is 0 Å². The summed E-state index contributed by atoms with van der Waals surface area (Å²) in [5, 5.41) is 8.37. The van der Waals surface area contributed by atoms with Crippen LogP contribution in [0.4, 0.5) is 0 Å². The summed E-state index contributed by atoms with van der Waals surface area (Å²) in [4.78, 5) is 0.406. The molecule has 0 aromatic carbocycles. The Balaban J connectivity index is 3.69. The summed E-state index contributed by atoms with van der Waals surface area (Å²) in [6, 6.07) is 0. The monoisotopic (exact) mass is 145 g/mol. The molecule has 0 bridgehead atoms. The minimum absolute atomic E-state index is 0.153. The highest BCUT2D eigenvalue weighted by molar-refractivity contribution is 7.80. The zero-order chi connectivity index (χ0) is 7.28. The maximum absolute atomic E-state index is 8.37. The highest BCUT2D eigenvalue weighted by Crippen LogP contribution is 1.93. The normalized spacial score (nSPS) is 11.6. The third kappa shape index (κ3) is 4.12. The van der Waals surface area contributed by atoms with Crippen molar-refractivity contribution in [3.05, 3.63) is 11.6 Å². The van der Waals surface area contributed by atoms with Crippen LogP contribution in [-0.4, -0.2) is 16.7 Å². The fourth-order valence-corrected chi connectivity index (χ4v) is 0.465. The second kappa shape index (κ2) is 4.47. The fourth-order valence-electron chi connectivity index (χ4n) is 0.382. The van der Waals surface area contributed by atoms with E-state index in [2.05, 4.69) is 12.2 Å². The van der Waals surface area contributed by atoms with Crippen LogP contribution in [0.15, 0.2) is 11.6 Å². The van der Waals surface area contributed by atoms with Gasteiger partial charge < -0.3 is 10.8 Å². The maximum atomic E-state index is 8.37. The molecule has 0 saturated carbocycles. The van der Waals surface area contributed by atoms with E-state index in [1.807, 2.05) is 13.0 Å². The minimum Gasteiger partial charge on any atom is -0.396 e. The van der Waals surface area contributed by atoms with Gasteiger partial charge in [0.05, 0.1) is 4.99 Å². The molecule has 0 heterocycles. The Bertz CT molecular complexity index is 131. The molecule has 3 heteroatoms. The van der Waals surface area contributed by atoms with Gasteiger partial charge in [0, 0.05) is 6.61 Å². The van der Waals surface area contributed by atoms with Crippen LogP contribution in [0.25, 0.3) is 0 Å². The topological polar surface area (TPSA) is 46.2 Å². The predicted molar refractivity (Wildman–Crippen MR) is 42.2 cm³/mol. The molecular formula is C6H11NOS. The van der Waals surface area contributed by atoms with Gasteiger partial charge in [-0.25, -0.2) is 0 Å². The van der Waals surface area contributed by atoms with Crippen LogP contribution in [0.5, 0.6) is 0 Å². The molecule has 0 aromatic rings. The van der Waals surface area contributed by atoms with Crippen molar-refractivity contribution in [2.24, 2.45) is 5.73 Å². The van der Waals surface area contributed by atoms with Gasteiger partial charge in [-0.1, -0.05) is 18.3 Å². The molecule has 52 valence electrons. The van der Waals surface area contributed by atoms with Crippen LogP contribution in [0, 0.1) is 0 Å². The molecule has 0 aromatic heterocycles. The molecule has 0 saturated heterocycles. The van der Waals surface area contributed by atoms with E-state index in [1.165, 1.54) is 0 Å². The van der Waals surface area contributed by atoms with Crippen molar-refractivity contribution in [3.63, 3.8) is 0 Å². The largest absolute Gasteiger partial charge is 0.396 e. The number of thiocarbonyl (C=S) groups is 1. The van der Waals surface area contributed by atoms with Gasteiger partial charge in [0.2, 0.25) is 0 Å². The molecule has 2 nitrogen and oxygen atoms in total. The molecule has 0 rings (SSSR count). The minimum atomic E-state index is 0.153. The molecule has 0 fully saturated rings. The number of aliphatic hydroxyl groups excluding tert-OH is 1. The van der Waals surface area contributed by atoms with Crippen LogP contribution in [0.3, 0.4) is 0 Å². The average Bonchev–Trinajstić information content (AvgIpc) is 1.82. The second-order valence-electron chi connectivity index (χ2n) is 1.76. The van der Waals surface area contributed by atoms with Crippen molar-refractivity contribution in [2.45, 2.75) is 13.3 Å². The van der Waals surface area contributed by atoms with Gasteiger partial charge in [-0.2, -0.15) is 0 Å². The smallest absolute Gasteiger partial charge is 0.0988 e. The predicted octanol–water partition coefficient (Wildman–Crippen LogP) is 0.601. The van der Waals surface area contributed by atoms with Crippen LogP contribution >= 0.6 is 12.2 Å². The van der Waals surface area contributed by atoms with Crippen molar-refractivity contribution in [1.82, 2.24) is 0 Å². The van der Waals surface area contributed by atoms with E-state index in [1.54, 1.807) is 0 Å². The van der Waals surface area contributed by atoms with E-state index in [4.69, 9.17) is 10.8 Å². The van der Waals surface area contributed by atoms with E-state index < -0.39 is 0 Å². The van der Waals surface area contributed by atoms with Gasteiger partial charge in [-0.05, 0) is 18.9 Å². The Labute approximate surface area is 60.4 Å². The lowest BCUT2D eigenvalue weighted by atomic mass is 10.2. The second-order valence-corrected chi connectivity index (χ2v) is 2.20. The quantitative estimate of drug-likeness (QED) is 0.451. The Kier molecular flexibility index (Phi) is 4.26. The van der Waals surface area contributed by atoms with E-state index in [9.17, 15) is 0 Å². The Morgan fingerprint density at radius 2 is 2.33 bits per heavy atom. The molecule has 0 aliphatic heterocycles. The molecule has 0 unspecified atom stereocenters. The first-order chi connectivity index (χ1) is 4.18. The maximum Gasteiger partial charge on any atom is 0.0988 e. The van der Waals surface area contributed by atoms with E-state index >= 15 is 0 Å². The molecule has 0 amide bonds. The van der Waals surface area contributed by atoms with Gasteiger partial charge in [0.15, 0.2) is 0 Å². The lowest BCUT2D eigenvalue weighted by Crippen LogP contribution is -2.08. The highest BCUT2D eigenvalue weighted by atomic mass is 32.1. The lowest BCUT2D eigenvalue weighted by Gasteiger charge is -1.93. The number of rotatable bonds is 3. The molecule has 3 N–H and O–H groups in total. The lowest BCUT2D eigenvalue weighted by molar-refractivity contribution is 0.302.